The number of rotatable bonds is 4. The van der Waals surface area contributed by atoms with E-state index in [4.69, 9.17) is 14.2 Å². The topological polar surface area (TPSA) is 74.7 Å². The van der Waals surface area contributed by atoms with E-state index in [1.165, 1.54) is 18.4 Å². The molecule has 142 valence electrons. The van der Waals surface area contributed by atoms with Crippen molar-refractivity contribution in [3.05, 3.63) is 34.8 Å². The number of methoxy groups -OCH3 is 1. The summed E-state index contributed by atoms with van der Waals surface area (Å²) in [7, 11) is 1.31. The highest BCUT2D eigenvalue weighted by Gasteiger charge is 2.24. The molecule has 0 fully saturated rings. The highest BCUT2D eigenvalue weighted by Crippen LogP contribution is 2.41. The van der Waals surface area contributed by atoms with E-state index in [1.807, 2.05) is 25.1 Å². The van der Waals surface area contributed by atoms with E-state index in [1.54, 1.807) is 27.0 Å². The number of hydrogen-bond donors (Lipinski definition) is 0. The van der Waals surface area contributed by atoms with Crippen LogP contribution in [0.5, 0.6) is 5.75 Å². The average molecular weight is 387 g/mol. The lowest BCUT2D eigenvalue weighted by Gasteiger charge is -2.19. The van der Waals surface area contributed by atoms with Crippen LogP contribution in [0.15, 0.2) is 24.4 Å². The van der Waals surface area contributed by atoms with Gasteiger partial charge in [-0.15, -0.1) is 11.3 Å². The van der Waals surface area contributed by atoms with Crippen LogP contribution in [-0.2, 0) is 14.3 Å². The molecule has 7 heteroatoms. The molecule has 0 aliphatic carbocycles. The van der Waals surface area contributed by atoms with Gasteiger partial charge in [0.25, 0.3) is 0 Å². The van der Waals surface area contributed by atoms with Crippen LogP contribution in [-0.4, -0.2) is 36.2 Å². The van der Waals surface area contributed by atoms with Crippen molar-refractivity contribution in [3.63, 3.8) is 0 Å². The third-order valence-electron chi connectivity index (χ3n) is 3.75. The molecule has 0 bridgehead atoms. The number of benzene rings is 1. The molecule has 0 aliphatic rings. The predicted molar refractivity (Wildman–Crippen MR) is 105 cm³/mol. The lowest BCUT2D eigenvalue weighted by molar-refractivity contribution is -0.157. The Bertz CT molecular complexity index is 1030. The molecule has 0 amide bonds. The molecule has 3 rings (SSSR count). The van der Waals surface area contributed by atoms with Crippen LogP contribution in [0, 0.1) is 6.92 Å². The molecule has 0 saturated heterocycles. The van der Waals surface area contributed by atoms with Crippen LogP contribution in [0.2, 0.25) is 0 Å². The first kappa shape index (κ1) is 19.1. The number of aryl methyl sites for hydroxylation is 1. The number of ether oxygens (including phenoxy) is 3. The molecular formula is C20H21NO5S. The Morgan fingerprint density at radius 3 is 2.59 bits per heavy atom. The molecule has 0 atom stereocenters. The van der Waals surface area contributed by atoms with Crippen LogP contribution in [0.3, 0.4) is 0 Å². The van der Waals surface area contributed by atoms with Gasteiger partial charge in [0.2, 0.25) is 0 Å². The molecule has 0 spiro atoms. The summed E-state index contributed by atoms with van der Waals surface area (Å²) in [6, 6.07) is 5.93. The lowest BCUT2D eigenvalue weighted by Crippen LogP contribution is -2.27. The first-order valence-electron chi connectivity index (χ1n) is 8.44. The Hall–Kier alpha value is -2.67. The molecule has 0 aliphatic heterocycles. The zero-order valence-electron chi connectivity index (χ0n) is 15.9. The largest absolute Gasteiger partial charge is 0.479 e. The molecular weight excluding hydrogens is 366 g/mol. The van der Waals surface area contributed by atoms with Gasteiger partial charge in [-0.2, -0.15) is 0 Å². The minimum absolute atomic E-state index is 0.295. The molecule has 6 nitrogen and oxygen atoms in total. The molecule has 0 radical (unpaired) electrons. The van der Waals surface area contributed by atoms with E-state index in [9.17, 15) is 9.59 Å². The van der Waals surface area contributed by atoms with Gasteiger partial charge in [0, 0.05) is 16.3 Å². The second-order valence-corrected chi connectivity index (χ2v) is 8.17. The fraction of sp³-hybridized carbons (Fsp3) is 0.350. The Morgan fingerprint density at radius 1 is 1.19 bits per heavy atom. The van der Waals surface area contributed by atoms with Crippen LogP contribution < -0.4 is 4.74 Å². The zero-order chi connectivity index (χ0) is 19.8. The van der Waals surface area contributed by atoms with E-state index in [0.717, 1.165) is 21.2 Å². The van der Waals surface area contributed by atoms with Crippen molar-refractivity contribution < 1.29 is 23.8 Å². The molecule has 1 aromatic carbocycles. The van der Waals surface area contributed by atoms with Crippen molar-refractivity contribution in [2.75, 3.05) is 13.7 Å². The van der Waals surface area contributed by atoms with Crippen molar-refractivity contribution in [3.8, 4) is 5.75 Å². The monoisotopic (exact) mass is 387 g/mol. The number of esters is 2. The van der Waals surface area contributed by atoms with Crippen LogP contribution >= 0.6 is 11.3 Å². The number of nitrogens with zero attached hydrogens (tertiary/aromatic N) is 1. The minimum atomic E-state index is -0.613. The standard InChI is InChI=1S/C20H21NO5S/c1-11-6-7-14-12(8-11)17-13(9-21-14)16(18(27-17)19(23)24-5)25-10-15(22)26-20(2,3)4/h6-9H,10H2,1-5H3. The molecule has 0 saturated carbocycles. The number of carbonyl (C=O) groups excluding carboxylic acids is 2. The maximum atomic E-state index is 12.3. The summed E-state index contributed by atoms with van der Waals surface area (Å²) in [4.78, 5) is 29.0. The first-order chi connectivity index (χ1) is 12.7. The number of carbonyl (C=O) groups is 2. The third-order valence-corrected chi connectivity index (χ3v) is 4.95. The van der Waals surface area contributed by atoms with Gasteiger partial charge >= 0.3 is 11.9 Å². The van der Waals surface area contributed by atoms with Crippen LogP contribution in [0.25, 0.3) is 21.0 Å². The second-order valence-electron chi connectivity index (χ2n) is 7.15. The van der Waals surface area contributed by atoms with Gasteiger partial charge in [-0.1, -0.05) is 11.6 Å². The van der Waals surface area contributed by atoms with E-state index < -0.39 is 17.5 Å². The number of fused-ring (bicyclic) bond motifs is 3. The summed E-state index contributed by atoms with van der Waals surface area (Å²) in [5, 5.41) is 1.59. The van der Waals surface area contributed by atoms with Crippen LogP contribution in [0.1, 0.15) is 36.0 Å². The molecule has 2 aromatic heterocycles. The summed E-state index contributed by atoms with van der Waals surface area (Å²) in [6.45, 7) is 7.03. The number of pyridine rings is 1. The molecule has 0 unspecified atom stereocenters. The Balaban J connectivity index is 2.06. The van der Waals surface area contributed by atoms with E-state index in [-0.39, 0.29) is 6.61 Å². The summed E-state index contributed by atoms with van der Waals surface area (Å²) in [6.07, 6.45) is 1.65. The highest BCUT2D eigenvalue weighted by atomic mass is 32.1. The summed E-state index contributed by atoms with van der Waals surface area (Å²) < 4.78 is 16.7. The lowest BCUT2D eigenvalue weighted by atomic mass is 10.1. The number of aromatic nitrogens is 1. The van der Waals surface area contributed by atoms with Gasteiger partial charge in [-0.05, 0) is 39.8 Å². The summed E-state index contributed by atoms with van der Waals surface area (Å²) in [5.41, 5.74) is 1.29. The Morgan fingerprint density at radius 2 is 1.93 bits per heavy atom. The number of hydrogen-bond acceptors (Lipinski definition) is 7. The first-order valence-corrected chi connectivity index (χ1v) is 9.26. The highest BCUT2D eigenvalue weighted by molar-refractivity contribution is 7.22. The van der Waals surface area contributed by atoms with Gasteiger partial charge in [0.15, 0.2) is 17.2 Å². The molecule has 27 heavy (non-hydrogen) atoms. The summed E-state index contributed by atoms with van der Waals surface area (Å²) >= 11 is 1.27. The molecule has 2 heterocycles. The number of thiophene rings is 1. The van der Waals surface area contributed by atoms with Crippen molar-refractivity contribution in [1.82, 2.24) is 4.98 Å². The van der Waals surface area contributed by atoms with Crippen molar-refractivity contribution in [2.45, 2.75) is 33.3 Å². The van der Waals surface area contributed by atoms with Crippen molar-refractivity contribution >= 4 is 44.3 Å². The second kappa shape index (κ2) is 7.15. The van der Waals surface area contributed by atoms with Crippen molar-refractivity contribution in [1.29, 1.82) is 0 Å². The van der Waals surface area contributed by atoms with E-state index in [0.29, 0.717) is 16.0 Å². The van der Waals surface area contributed by atoms with E-state index in [2.05, 4.69) is 4.98 Å². The third kappa shape index (κ3) is 4.03. The van der Waals surface area contributed by atoms with Crippen molar-refractivity contribution in [2.24, 2.45) is 0 Å². The van der Waals surface area contributed by atoms with Gasteiger partial charge in [-0.25, -0.2) is 9.59 Å². The zero-order valence-corrected chi connectivity index (χ0v) is 16.7. The maximum absolute atomic E-state index is 12.3. The van der Waals surface area contributed by atoms with Gasteiger partial charge in [0.05, 0.1) is 18.0 Å². The van der Waals surface area contributed by atoms with E-state index >= 15 is 0 Å². The fourth-order valence-corrected chi connectivity index (χ4v) is 3.86. The quantitative estimate of drug-likeness (QED) is 0.623. The van der Waals surface area contributed by atoms with Gasteiger partial charge < -0.3 is 14.2 Å². The Kier molecular flexibility index (Phi) is 5.06. The average Bonchev–Trinajstić information content (AvgIpc) is 2.96. The Labute approximate surface area is 161 Å². The smallest absolute Gasteiger partial charge is 0.351 e. The molecule has 3 aromatic rings. The maximum Gasteiger partial charge on any atom is 0.351 e. The van der Waals surface area contributed by atoms with Gasteiger partial charge in [0.1, 0.15) is 5.60 Å². The fourth-order valence-electron chi connectivity index (χ4n) is 2.70. The van der Waals surface area contributed by atoms with Crippen LogP contribution in [0.4, 0.5) is 0 Å². The normalized spacial score (nSPS) is 11.6. The minimum Gasteiger partial charge on any atom is -0.479 e. The molecule has 0 N–H and O–H groups in total. The van der Waals surface area contributed by atoms with Gasteiger partial charge in [-0.3, -0.25) is 4.98 Å². The summed E-state index contributed by atoms with van der Waals surface area (Å²) in [5.74, 6) is -0.734. The SMILES string of the molecule is COC(=O)c1sc2c(cnc3ccc(C)cc32)c1OCC(=O)OC(C)(C)C. The predicted octanol–water partition coefficient (Wildman–Crippen LogP) is 4.27.